The molecule has 0 bridgehead atoms. The van der Waals surface area contributed by atoms with Crippen LogP contribution in [0.1, 0.15) is 0 Å². The molecular formula is C72H49B2N5O. The molecule has 374 valence electrons. The van der Waals surface area contributed by atoms with Crippen molar-refractivity contribution in [2.45, 2.75) is 0 Å². The second-order valence-electron chi connectivity index (χ2n) is 20.8. The molecule has 4 heterocycles. The van der Waals surface area contributed by atoms with Gasteiger partial charge < -0.3 is 29.2 Å². The van der Waals surface area contributed by atoms with Crippen molar-refractivity contribution in [3.05, 3.63) is 297 Å². The fourth-order valence-electron chi connectivity index (χ4n) is 13.1. The lowest BCUT2D eigenvalue weighted by Gasteiger charge is -2.46. The van der Waals surface area contributed by atoms with Crippen LogP contribution in [0.15, 0.2) is 297 Å². The standard InChI is InChI=1S/C72H49B2N5O/c1-8-26-50(27-9-1)75(51-28-10-2-11-29-51)57-44-66-71-67(45-57)78(55-36-18-6-19-37-55)64-49-65-62(48-61(64)73(71)59-40-22-24-42-63(59)77(66)54-34-16-5-17-35-54)74-60-41-23-25-43-69(60)80-70-47-58(46-68(72(70)74)79(65)56-38-20-7-21-39-56)76(52-30-12-3-13-31-52)53-32-14-4-15-33-53/h1-49H. The smallest absolute Gasteiger partial charge is 0.256 e. The van der Waals surface area contributed by atoms with Crippen molar-refractivity contribution in [1.82, 2.24) is 0 Å². The maximum Gasteiger partial charge on any atom is 0.256 e. The fourth-order valence-corrected chi connectivity index (χ4v) is 13.1. The Bertz CT molecular complexity index is 4230. The molecule has 8 heteroatoms. The summed E-state index contributed by atoms with van der Waals surface area (Å²) < 4.78 is 7.21. The summed E-state index contributed by atoms with van der Waals surface area (Å²) in [6, 6.07) is 108. The SMILES string of the molecule is c1ccc(N(c2ccccc2)c2cc3c4c(c2)N(c2ccccc2)c2cc5c(cc2B4c2ccccc2O3)B2c3ccccc3N(c3ccccc3)c3cc(N(c4ccccc4)c4ccccc4)cc(c32)N5c2ccccc2)cc1. The van der Waals surface area contributed by atoms with Crippen LogP contribution in [-0.2, 0) is 0 Å². The van der Waals surface area contributed by atoms with E-state index in [0.29, 0.717) is 0 Å². The monoisotopic (exact) mass is 1020 g/mol. The molecule has 12 aromatic carbocycles. The van der Waals surface area contributed by atoms with Gasteiger partial charge in [-0.1, -0.05) is 170 Å². The highest BCUT2D eigenvalue weighted by atomic mass is 16.5. The van der Waals surface area contributed by atoms with Gasteiger partial charge in [0.25, 0.3) is 13.4 Å². The molecule has 0 spiro atoms. The van der Waals surface area contributed by atoms with Crippen LogP contribution < -0.4 is 62.0 Å². The van der Waals surface area contributed by atoms with Gasteiger partial charge >= 0.3 is 0 Å². The molecule has 0 N–H and O–H groups in total. The quantitative estimate of drug-likeness (QED) is 0.134. The Hall–Kier alpha value is -10.4. The predicted octanol–water partition coefficient (Wildman–Crippen LogP) is 15.1. The van der Waals surface area contributed by atoms with E-state index in [1.54, 1.807) is 0 Å². The molecule has 0 fully saturated rings. The lowest BCUT2D eigenvalue weighted by Crippen LogP contribution is -2.64. The average Bonchev–Trinajstić information content (AvgIpc) is 2.75. The van der Waals surface area contributed by atoms with Gasteiger partial charge in [0.15, 0.2) is 0 Å². The first kappa shape index (κ1) is 45.7. The van der Waals surface area contributed by atoms with Gasteiger partial charge in [-0.05, 0) is 154 Å². The summed E-state index contributed by atoms with van der Waals surface area (Å²) in [6.45, 7) is -0.291. The van der Waals surface area contributed by atoms with Gasteiger partial charge in [-0.15, -0.1) is 0 Å². The molecule has 4 aliphatic rings. The first-order chi connectivity index (χ1) is 39.7. The highest BCUT2D eigenvalue weighted by molar-refractivity contribution is 7.02. The van der Waals surface area contributed by atoms with Crippen LogP contribution in [0.4, 0.5) is 85.3 Å². The van der Waals surface area contributed by atoms with E-state index in [1.165, 1.54) is 21.9 Å². The number of ether oxygens (including phenoxy) is 1. The summed E-state index contributed by atoms with van der Waals surface area (Å²) in [4.78, 5) is 12.3. The third-order valence-electron chi connectivity index (χ3n) is 16.4. The van der Waals surface area contributed by atoms with Crippen LogP contribution in [0.25, 0.3) is 0 Å². The summed E-state index contributed by atoms with van der Waals surface area (Å²) in [6.07, 6.45) is 0. The Morgan fingerprint density at radius 3 is 1.05 bits per heavy atom. The molecule has 0 radical (unpaired) electrons. The van der Waals surface area contributed by atoms with Crippen LogP contribution in [0.3, 0.4) is 0 Å². The van der Waals surface area contributed by atoms with Gasteiger partial charge in [-0.25, -0.2) is 0 Å². The number of para-hydroxylation sites is 9. The molecule has 0 atom stereocenters. The van der Waals surface area contributed by atoms with Gasteiger partial charge in [0.05, 0.1) is 11.4 Å². The maximum atomic E-state index is 7.21. The Kier molecular flexibility index (Phi) is 10.7. The number of rotatable bonds is 9. The molecule has 0 aliphatic carbocycles. The van der Waals surface area contributed by atoms with E-state index in [2.05, 4.69) is 322 Å². The fraction of sp³-hybridized carbons (Fsp3) is 0. The summed E-state index contributed by atoms with van der Waals surface area (Å²) in [5.74, 6) is 1.71. The van der Waals surface area contributed by atoms with Crippen molar-refractivity contribution in [1.29, 1.82) is 0 Å². The molecule has 4 aliphatic heterocycles. The van der Waals surface area contributed by atoms with Crippen LogP contribution >= 0.6 is 0 Å². The first-order valence-corrected chi connectivity index (χ1v) is 27.5. The summed E-state index contributed by atoms with van der Waals surface area (Å²) in [7, 11) is 0. The van der Waals surface area contributed by atoms with Crippen molar-refractivity contribution in [2.24, 2.45) is 0 Å². The van der Waals surface area contributed by atoms with E-state index >= 15 is 0 Å². The lowest BCUT2D eigenvalue weighted by atomic mass is 9.30. The summed E-state index contributed by atoms with van der Waals surface area (Å²) >= 11 is 0. The predicted molar refractivity (Wildman–Crippen MR) is 336 cm³/mol. The number of fused-ring (bicyclic) bond motifs is 8. The van der Waals surface area contributed by atoms with Crippen LogP contribution in [0.5, 0.6) is 11.5 Å². The van der Waals surface area contributed by atoms with E-state index < -0.39 is 0 Å². The van der Waals surface area contributed by atoms with Crippen molar-refractivity contribution in [3.63, 3.8) is 0 Å². The van der Waals surface area contributed by atoms with Gasteiger partial charge in [0.1, 0.15) is 11.5 Å². The van der Waals surface area contributed by atoms with Crippen LogP contribution in [0.2, 0.25) is 0 Å². The van der Waals surface area contributed by atoms with E-state index in [1.807, 2.05) is 0 Å². The zero-order chi connectivity index (χ0) is 52.7. The molecule has 0 amide bonds. The number of hydrogen-bond acceptors (Lipinski definition) is 6. The minimum Gasteiger partial charge on any atom is -0.458 e. The zero-order valence-electron chi connectivity index (χ0n) is 43.6. The molecule has 12 aromatic rings. The minimum absolute atomic E-state index is 0.138. The number of anilines is 15. The minimum atomic E-state index is -0.153. The Morgan fingerprint density at radius 2 is 0.588 bits per heavy atom. The molecule has 0 unspecified atom stereocenters. The second kappa shape index (κ2) is 18.6. The van der Waals surface area contributed by atoms with Crippen LogP contribution in [0, 0.1) is 0 Å². The van der Waals surface area contributed by atoms with Gasteiger partial charge in [0, 0.05) is 80.0 Å². The third-order valence-corrected chi connectivity index (χ3v) is 16.4. The highest BCUT2D eigenvalue weighted by Gasteiger charge is 2.48. The summed E-state index contributed by atoms with van der Waals surface area (Å²) in [5, 5.41) is 0. The van der Waals surface area contributed by atoms with Gasteiger partial charge in [-0.3, -0.25) is 0 Å². The molecule has 0 saturated heterocycles. The zero-order valence-corrected chi connectivity index (χ0v) is 43.6. The third kappa shape index (κ3) is 7.23. The van der Waals surface area contributed by atoms with Crippen molar-refractivity contribution in [3.8, 4) is 11.5 Å². The van der Waals surface area contributed by atoms with Crippen LogP contribution in [-0.4, -0.2) is 13.4 Å². The Labute approximate surface area is 467 Å². The number of nitrogens with zero attached hydrogens (tertiary/aromatic N) is 5. The molecular weight excluding hydrogens is 972 g/mol. The topological polar surface area (TPSA) is 25.4 Å². The first-order valence-electron chi connectivity index (χ1n) is 27.5. The van der Waals surface area contributed by atoms with Crippen molar-refractivity contribution >= 4 is 132 Å². The number of hydrogen-bond donors (Lipinski definition) is 0. The van der Waals surface area contributed by atoms with Gasteiger partial charge in [-0.2, -0.15) is 0 Å². The highest BCUT2D eigenvalue weighted by Crippen LogP contribution is 2.51. The molecule has 80 heavy (non-hydrogen) atoms. The molecule has 16 rings (SSSR count). The average molecular weight is 1020 g/mol. The molecule has 0 saturated carbocycles. The van der Waals surface area contributed by atoms with E-state index in [-0.39, 0.29) is 13.4 Å². The molecule has 6 nitrogen and oxygen atoms in total. The van der Waals surface area contributed by atoms with E-state index in [4.69, 9.17) is 4.74 Å². The van der Waals surface area contributed by atoms with Gasteiger partial charge in [0.2, 0.25) is 0 Å². The van der Waals surface area contributed by atoms with Crippen molar-refractivity contribution < 1.29 is 4.74 Å². The maximum absolute atomic E-state index is 7.21. The van der Waals surface area contributed by atoms with E-state index in [0.717, 1.165) is 108 Å². The molecule has 0 aromatic heterocycles. The number of benzene rings is 12. The van der Waals surface area contributed by atoms with Crippen molar-refractivity contribution in [2.75, 3.05) is 24.5 Å². The normalized spacial score (nSPS) is 13.0. The second-order valence-corrected chi connectivity index (χ2v) is 20.8. The Balaban J connectivity index is 1.01. The Morgan fingerprint density at radius 1 is 0.237 bits per heavy atom. The largest absolute Gasteiger partial charge is 0.458 e. The summed E-state index contributed by atoms with van der Waals surface area (Å²) in [5.41, 5.74) is 23.6. The lowest BCUT2D eigenvalue weighted by molar-refractivity contribution is 0.487. The van der Waals surface area contributed by atoms with E-state index in [9.17, 15) is 0 Å².